The van der Waals surface area contributed by atoms with Gasteiger partial charge in [-0.25, -0.2) is 0 Å². The Bertz CT molecular complexity index is 910. The zero-order valence-electron chi connectivity index (χ0n) is 15.6. The molecule has 7 heteroatoms. The third-order valence-electron chi connectivity index (χ3n) is 4.60. The number of carbonyl (C=O) groups is 3. The Kier molecular flexibility index (Phi) is 5.99. The fourth-order valence-corrected chi connectivity index (χ4v) is 3.21. The van der Waals surface area contributed by atoms with Gasteiger partial charge < -0.3 is 14.4 Å². The highest BCUT2D eigenvalue weighted by atomic mass is 35.5. The molecule has 0 radical (unpaired) electrons. The number of rotatable bonds is 6. The second-order valence-corrected chi connectivity index (χ2v) is 7.05. The maximum atomic E-state index is 12.4. The van der Waals surface area contributed by atoms with Crippen LogP contribution in [-0.4, -0.2) is 37.9 Å². The molecule has 28 heavy (non-hydrogen) atoms. The van der Waals surface area contributed by atoms with Gasteiger partial charge in [0.2, 0.25) is 5.91 Å². The molecule has 0 saturated carbocycles. The molecule has 1 aliphatic heterocycles. The standard InChI is InChI=1S/C21H20ClNO5/c1-13-3-8-19(27-2)17(9-13)23-11-15(10-20(23)25)21(26)28-12-18(24)14-4-6-16(22)7-5-14/h3-9,15H,10-12H2,1-2H3/t15-/m0/s1. The molecule has 0 aliphatic carbocycles. The van der Waals surface area contributed by atoms with Crippen LogP contribution in [-0.2, 0) is 14.3 Å². The maximum absolute atomic E-state index is 12.4. The van der Waals surface area contributed by atoms with Gasteiger partial charge in [-0.3, -0.25) is 14.4 Å². The Morgan fingerprint density at radius 1 is 1.18 bits per heavy atom. The van der Waals surface area contributed by atoms with Crippen molar-refractivity contribution in [1.82, 2.24) is 0 Å². The summed E-state index contributed by atoms with van der Waals surface area (Å²) in [4.78, 5) is 38.5. The second-order valence-electron chi connectivity index (χ2n) is 6.62. The summed E-state index contributed by atoms with van der Waals surface area (Å²) in [5, 5.41) is 0.518. The smallest absolute Gasteiger partial charge is 0.311 e. The average molecular weight is 402 g/mol. The van der Waals surface area contributed by atoms with Gasteiger partial charge in [0.1, 0.15) is 5.75 Å². The van der Waals surface area contributed by atoms with Crippen molar-refractivity contribution in [2.75, 3.05) is 25.2 Å². The van der Waals surface area contributed by atoms with Crippen LogP contribution in [0.1, 0.15) is 22.3 Å². The number of nitrogens with zero attached hydrogens (tertiary/aromatic N) is 1. The number of amides is 1. The number of anilines is 1. The zero-order chi connectivity index (χ0) is 20.3. The summed E-state index contributed by atoms with van der Waals surface area (Å²) < 4.78 is 10.5. The van der Waals surface area contributed by atoms with Gasteiger partial charge in [0, 0.05) is 23.6 Å². The first-order valence-electron chi connectivity index (χ1n) is 8.79. The molecule has 1 fully saturated rings. The van der Waals surface area contributed by atoms with Crippen molar-refractivity contribution in [3.05, 3.63) is 58.6 Å². The summed E-state index contributed by atoms with van der Waals surface area (Å²) in [6, 6.07) is 11.9. The number of Topliss-reactive ketones (excluding diaryl/α,β-unsaturated/α-hetero) is 1. The molecule has 1 amide bonds. The summed E-state index contributed by atoms with van der Waals surface area (Å²) in [7, 11) is 1.53. The fraction of sp³-hybridized carbons (Fsp3) is 0.286. The minimum atomic E-state index is -0.629. The molecule has 1 aliphatic rings. The lowest BCUT2D eigenvalue weighted by atomic mass is 10.1. The van der Waals surface area contributed by atoms with E-state index in [1.54, 1.807) is 30.3 Å². The summed E-state index contributed by atoms with van der Waals surface area (Å²) in [6.07, 6.45) is 0.0328. The van der Waals surface area contributed by atoms with Crippen molar-refractivity contribution in [1.29, 1.82) is 0 Å². The van der Waals surface area contributed by atoms with Gasteiger partial charge >= 0.3 is 5.97 Å². The van der Waals surface area contributed by atoms with Crippen LogP contribution in [0.15, 0.2) is 42.5 Å². The minimum absolute atomic E-state index is 0.0328. The van der Waals surface area contributed by atoms with Crippen molar-refractivity contribution in [2.45, 2.75) is 13.3 Å². The highest BCUT2D eigenvalue weighted by Crippen LogP contribution is 2.34. The molecular weight excluding hydrogens is 382 g/mol. The van der Waals surface area contributed by atoms with E-state index >= 15 is 0 Å². The van der Waals surface area contributed by atoms with Crippen molar-refractivity contribution < 1.29 is 23.9 Å². The van der Waals surface area contributed by atoms with Crippen LogP contribution < -0.4 is 9.64 Å². The molecule has 0 aromatic heterocycles. The first-order chi connectivity index (χ1) is 13.4. The first kappa shape index (κ1) is 19.9. The Morgan fingerprint density at radius 3 is 2.57 bits per heavy atom. The lowest BCUT2D eigenvalue weighted by Crippen LogP contribution is -2.27. The number of carbonyl (C=O) groups excluding carboxylic acids is 3. The largest absolute Gasteiger partial charge is 0.495 e. The van der Waals surface area contributed by atoms with E-state index in [-0.39, 0.29) is 31.3 Å². The number of ketones is 1. The van der Waals surface area contributed by atoms with E-state index in [9.17, 15) is 14.4 Å². The molecular formula is C21H20ClNO5. The zero-order valence-corrected chi connectivity index (χ0v) is 16.4. The average Bonchev–Trinajstić information content (AvgIpc) is 3.08. The summed E-state index contributed by atoms with van der Waals surface area (Å²) in [6.45, 7) is 1.73. The van der Waals surface area contributed by atoms with E-state index in [0.717, 1.165) is 5.56 Å². The Balaban J connectivity index is 1.63. The number of aryl methyl sites for hydroxylation is 1. The van der Waals surface area contributed by atoms with E-state index in [0.29, 0.717) is 22.0 Å². The molecule has 1 atom stereocenters. The van der Waals surface area contributed by atoms with Crippen LogP contribution >= 0.6 is 11.6 Å². The quantitative estimate of drug-likeness (QED) is 0.547. The van der Waals surface area contributed by atoms with Gasteiger partial charge in [0.25, 0.3) is 0 Å². The minimum Gasteiger partial charge on any atom is -0.495 e. The number of halogens is 1. The van der Waals surface area contributed by atoms with Crippen LogP contribution in [0.3, 0.4) is 0 Å². The number of benzene rings is 2. The molecule has 146 valence electrons. The molecule has 6 nitrogen and oxygen atoms in total. The fourth-order valence-electron chi connectivity index (χ4n) is 3.08. The van der Waals surface area contributed by atoms with Crippen LogP contribution in [0.2, 0.25) is 5.02 Å². The monoisotopic (exact) mass is 401 g/mol. The highest BCUT2D eigenvalue weighted by Gasteiger charge is 2.37. The van der Waals surface area contributed by atoms with Gasteiger partial charge in [-0.2, -0.15) is 0 Å². The molecule has 0 N–H and O–H groups in total. The molecule has 1 saturated heterocycles. The normalized spacial score (nSPS) is 16.2. The summed E-state index contributed by atoms with van der Waals surface area (Å²) >= 11 is 5.80. The first-order valence-corrected chi connectivity index (χ1v) is 9.17. The second kappa shape index (κ2) is 8.44. The summed E-state index contributed by atoms with van der Waals surface area (Å²) in [5.41, 5.74) is 2.01. The Hall–Kier alpha value is -2.86. The molecule has 2 aromatic rings. The number of methoxy groups -OCH3 is 1. The van der Waals surface area contributed by atoms with Crippen LogP contribution in [0.25, 0.3) is 0 Å². The van der Waals surface area contributed by atoms with Gasteiger partial charge in [0.05, 0.1) is 18.7 Å². The molecule has 0 unspecified atom stereocenters. The Morgan fingerprint density at radius 2 is 1.89 bits per heavy atom. The lowest BCUT2D eigenvalue weighted by molar-refractivity contribution is -0.147. The molecule has 0 spiro atoms. The predicted octanol–water partition coefficient (Wildman–Crippen LogP) is 3.44. The number of hydrogen-bond acceptors (Lipinski definition) is 5. The van der Waals surface area contributed by atoms with Crippen molar-refractivity contribution >= 4 is 34.9 Å². The molecule has 1 heterocycles. The molecule has 2 aromatic carbocycles. The van der Waals surface area contributed by atoms with Gasteiger partial charge in [0.15, 0.2) is 12.4 Å². The van der Waals surface area contributed by atoms with Crippen molar-refractivity contribution in [2.24, 2.45) is 5.92 Å². The molecule has 0 bridgehead atoms. The number of esters is 1. The van der Waals surface area contributed by atoms with Gasteiger partial charge in [-0.15, -0.1) is 0 Å². The van der Waals surface area contributed by atoms with Crippen molar-refractivity contribution in [3.63, 3.8) is 0 Å². The summed E-state index contributed by atoms with van der Waals surface area (Å²) in [5.74, 6) is -1.15. The SMILES string of the molecule is COc1ccc(C)cc1N1C[C@@H](C(=O)OCC(=O)c2ccc(Cl)cc2)CC1=O. The topological polar surface area (TPSA) is 72.9 Å². The van der Waals surface area contributed by atoms with Gasteiger partial charge in [-0.05, 0) is 48.9 Å². The predicted molar refractivity (Wildman–Crippen MR) is 105 cm³/mol. The van der Waals surface area contributed by atoms with Gasteiger partial charge in [-0.1, -0.05) is 17.7 Å². The van der Waals surface area contributed by atoms with E-state index < -0.39 is 11.9 Å². The van der Waals surface area contributed by atoms with Crippen LogP contribution in [0.5, 0.6) is 5.75 Å². The van der Waals surface area contributed by atoms with E-state index in [2.05, 4.69) is 0 Å². The Labute approximate surface area is 168 Å². The molecule has 3 rings (SSSR count). The maximum Gasteiger partial charge on any atom is 0.311 e. The van der Waals surface area contributed by atoms with E-state index in [4.69, 9.17) is 21.1 Å². The van der Waals surface area contributed by atoms with Crippen LogP contribution in [0.4, 0.5) is 5.69 Å². The lowest BCUT2D eigenvalue weighted by Gasteiger charge is -2.20. The highest BCUT2D eigenvalue weighted by molar-refractivity contribution is 6.30. The van der Waals surface area contributed by atoms with Crippen molar-refractivity contribution in [3.8, 4) is 5.75 Å². The third-order valence-corrected chi connectivity index (χ3v) is 4.85. The number of ether oxygens (including phenoxy) is 2. The van der Waals surface area contributed by atoms with Crippen LogP contribution in [0, 0.1) is 12.8 Å². The van der Waals surface area contributed by atoms with E-state index in [1.165, 1.54) is 12.0 Å². The van der Waals surface area contributed by atoms with E-state index in [1.807, 2.05) is 19.1 Å². The number of hydrogen-bond donors (Lipinski definition) is 0. The third kappa shape index (κ3) is 4.34.